The van der Waals surface area contributed by atoms with E-state index in [0.717, 1.165) is 44.5 Å². The van der Waals surface area contributed by atoms with Crippen molar-refractivity contribution in [2.24, 2.45) is 5.73 Å². The molecule has 10 nitrogen and oxygen atoms in total. The van der Waals surface area contributed by atoms with E-state index in [9.17, 15) is 13.2 Å². The van der Waals surface area contributed by atoms with E-state index in [0.29, 0.717) is 39.1 Å². The lowest BCUT2D eigenvalue weighted by Gasteiger charge is -2.37. The minimum absolute atomic E-state index is 0.0434. The number of hydrogen-bond acceptors (Lipinski definition) is 8. The summed E-state index contributed by atoms with van der Waals surface area (Å²) in [5, 5.41) is 1.99. The first-order valence-electron chi connectivity index (χ1n) is 13.6. The minimum atomic E-state index is -3.33. The van der Waals surface area contributed by atoms with Crippen LogP contribution in [0.3, 0.4) is 0 Å². The second kappa shape index (κ2) is 9.38. The Morgan fingerprint density at radius 2 is 1.78 bits per heavy atom. The number of nitrogens with zero attached hydrogens (tertiary/aromatic N) is 5. The number of sulfonamides is 1. The van der Waals surface area contributed by atoms with Crippen LogP contribution >= 0.6 is 0 Å². The Labute approximate surface area is 238 Å². The van der Waals surface area contributed by atoms with Crippen LogP contribution in [0.5, 0.6) is 0 Å². The van der Waals surface area contributed by atoms with Crippen LogP contribution in [0.15, 0.2) is 67.3 Å². The van der Waals surface area contributed by atoms with Crippen LogP contribution in [-0.2, 0) is 37.1 Å². The maximum absolute atomic E-state index is 14.3. The van der Waals surface area contributed by atoms with Gasteiger partial charge < -0.3 is 15.4 Å². The minimum Gasteiger partial charge on any atom is -0.377 e. The molecule has 210 valence electrons. The van der Waals surface area contributed by atoms with Crippen LogP contribution in [0.2, 0.25) is 0 Å². The first kappa shape index (κ1) is 26.1. The molecule has 0 radical (unpaired) electrons. The van der Waals surface area contributed by atoms with Gasteiger partial charge in [-0.1, -0.05) is 30.3 Å². The standard InChI is InChI=1S/C30H30N6O4S/c1-41(38,39)35-12-9-29(10-13-35)23-8-11-32-16-25(23)36(28(29)37)17-24-27(22-5-3-2-4-20(22)14-33-24)21-6-7-26(34-15-21)30(31)18-40-19-30/h2-8,11,14-16H,9-10,12-13,17-19,31H2,1H3. The summed E-state index contributed by atoms with van der Waals surface area (Å²) >= 11 is 0. The molecule has 6 heterocycles. The van der Waals surface area contributed by atoms with Gasteiger partial charge in [0, 0.05) is 48.2 Å². The van der Waals surface area contributed by atoms with Gasteiger partial charge in [-0.3, -0.25) is 19.7 Å². The summed E-state index contributed by atoms with van der Waals surface area (Å²) in [6.45, 7) is 1.71. The van der Waals surface area contributed by atoms with Crippen molar-refractivity contribution in [3.63, 3.8) is 0 Å². The van der Waals surface area contributed by atoms with Crippen molar-refractivity contribution in [1.29, 1.82) is 0 Å². The van der Waals surface area contributed by atoms with Gasteiger partial charge >= 0.3 is 0 Å². The second-order valence-corrected chi connectivity index (χ2v) is 13.3. The number of fused-ring (bicyclic) bond motifs is 3. The summed E-state index contributed by atoms with van der Waals surface area (Å²) in [6, 6.07) is 13.9. The molecule has 2 N–H and O–H groups in total. The Kier molecular flexibility index (Phi) is 5.98. The van der Waals surface area contributed by atoms with Gasteiger partial charge in [0.05, 0.1) is 54.7 Å². The first-order chi connectivity index (χ1) is 19.7. The third-order valence-electron chi connectivity index (χ3n) is 8.77. The smallest absolute Gasteiger partial charge is 0.238 e. The summed E-state index contributed by atoms with van der Waals surface area (Å²) in [5.74, 6) is -0.0434. The second-order valence-electron chi connectivity index (χ2n) is 11.3. The fourth-order valence-electron chi connectivity index (χ4n) is 6.43. The van der Waals surface area contributed by atoms with Gasteiger partial charge in [0.1, 0.15) is 5.54 Å². The number of hydrogen-bond donors (Lipinski definition) is 1. The van der Waals surface area contributed by atoms with Crippen molar-refractivity contribution < 1.29 is 17.9 Å². The van der Waals surface area contributed by atoms with Crippen molar-refractivity contribution in [2.45, 2.75) is 30.3 Å². The Bertz CT molecular complexity index is 1780. The number of ether oxygens (including phenoxy) is 1. The lowest BCUT2D eigenvalue weighted by Crippen LogP contribution is -2.54. The Morgan fingerprint density at radius 1 is 1.00 bits per heavy atom. The lowest BCUT2D eigenvalue weighted by atomic mass is 9.74. The van der Waals surface area contributed by atoms with Gasteiger partial charge in [0.15, 0.2) is 0 Å². The number of benzene rings is 1. The van der Waals surface area contributed by atoms with Crippen LogP contribution in [0.4, 0.5) is 5.69 Å². The molecule has 41 heavy (non-hydrogen) atoms. The highest BCUT2D eigenvalue weighted by molar-refractivity contribution is 7.88. The highest BCUT2D eigenvalue weighted by atomic mass is 32.2. The van der Waals surface area contributed by atoms with Gasteiger partial charge in [-0.05, 0) is 35.9 Å². The van der Waals surface area contributed by atoms with E-state index in [1.807, 2.05) is 48.8 Å². The number of carbonyl (C=O) groups excluding carboxylic acids is 1. The molecule has 3 aromatic heterocycles. The van der Waals surface area contributed by atoms with Crippen molar-refractivity contribution in [1.82, 2.24) is 19.3 Å². The number of amides is 1. The van der Waals surface area contributed by atoms with E-state index in [-0.39, 0.29) is 12.5 Å². The van der Waals surface area contributed by atoms with E-state index >= 15 is 0 Å². The topological polar surface area (TPSA) is 132 Å². The van der Waals surface area contributed by atoms with E-state index in [1.165, 1.54) is 10.6 Å². The van der Waals surface area contributed by atoms with E-state index in [1.54, 1.807) is 17.3 Å². The van der Waals surface area contributed by atoms with Gasteiger partial charge in [0.25, 0.3) is 0 Å². The summed E-state index contributed by atoms with van der Waals surface area (Å²) in [6.07, 6.45) is 9.13. The molecular formula is C30H30N6O4S. The average Bonchev–Trinajstić information content (AvgIpc) is 3.18. The fourth-order valence-corrected chi connectivity index (χ4v) is 7.28. The molecule has 1 aromatic carbocycles. The van der Waals surface area contributed by atoms with Crippen molar-refractivity contribution in [3.05, 3.63) is 84.2 Å². The van der Waals surface area contributed by atoms with Crippen molar-refractivity contribution in [3.8, 4) is 11.1 Å². The molecule has 0 bridgehead atoms. The highest BCUT2D eigenvalue weighted by Gasteiger charge is 2.53. The largest absolute Gasteiger partial charge is 0.377 e. The Balaban J connectivity index is 1.29. The number of aromatic nitrogens is 3. The van der Waals surface area contributed by atoms with E-state index < -0.39 is 21.0 Å². The third-order valence-corrected chi connectivity index (χ3v) is 10.1. The van der Waals surface area contributed by atoms with Crippen LogP contribution in [-0.4, -0.2) is 66.1 Å². The first-order valence-corrected chi connectivity index (χ1v) is 15.5. The maximum atomic E-state index is 14.3. The Hall–Kier alpha value is -3.77. The number of piperidine rings is 1. The molecule has 0 atom stereocenters. The predicted octanol–water partition coefficient (Wildman–Crippen LogP) is 2.72. The summed E-state index contributed by atoms with van der Waals surface area (Å²) < 4.78 is 31.2. The quantitative estimate of drug-likeness (QED) is 0.388. The molecule has 2 fully saturated rings. The van der Waals surface area contributed by atoms with Gasteiger partial charge in [-0.25, -0.2) is 12.7 Å². The van der Waals surface area contributed by atoms with Crippen LogP contribution in [0.25, 0.3) is 21.9 Å². The molecule has 4 aromatic rings. The summed E-state index contributed by atoms with van der Waals surface area (Å²) in [5.41, 5.74) is 10.00. The van der Waals surface area contributed by atoms with Crippen LogP contribution in [0.1, 0.15) is 29.8 Å². The monoisotopic (exact) mass is 570 g/mol. The van der Waals surface area contributed by atoms with Crippen LogP contribution < -0.4 is 10.6 Å². The summed E-state index contributed by atoms with van der Waals surface area (Å²) in [7, 11) is -3.33. The molecule has 2 saturated heterocycles. The molecule has 11 heteroatoms. The number of carbonyl (C=O) groups is 1. The Morgan fingerprint density at radius 3 is 2.46 bits per heavy atom. The molecule has 0 aliphatic carbocycles. The zero-order valence-electron chi connectivity index (χ0n) is 22.7. The zero-order chi connectivity index (χ0) is 28.4. The fraction of sp³-hybridized carbons (Fsp3) is 0.333. The van der Waals surface area contributed by atoms with Gasteiger partial charge in [-0.15, -0.1) is 0 Å². The third kappa shape index (κ3) is 4.14. The molecule has 1 spiro atoms. The lowest BCUT2D eigenvalue weighted by molar-refractivity contribution is -0.124. The molecule has 0 saturated carbocycles. The zero-order valence-corrected chi connectivity index (χ0v) is 23.5. The molecular weight excluding hydrogens is 540 g/mol. The van der Waals surface area contributed by atoms with Crippen LogP contribution in [0, 0.1) is 0 Å². The predicted molar refractivity (Wildman–Crippen MR) is 154 cm³/mol. The highest BCUT2D eigenvalue weighted by Crippen LogP contribution is 2.48. The van der Waals surface area contributed by atoms with Gasteiger partial charge in [-0.2, -0.15) is 0 Å². The maximum Gasteiger partial charge on any atom is 0.238 e. The molecule has 0 unspecified atom stereocenters. The number of nitrogens with two attached hydrogens (primary N) is 1. The number of pyridine rings is 3. The average molecular weight is 571 g/mol. The molecule has 3 aliphatic rings. The van der Waals surface area contributed by atoms with E-state index in [4.69, 9.17) is 20.4 Å². The molecule has 7 rings (SSSR count). The normalized spacial score (nSPS) is 19.9. The van der Waals surface area contributed by atoms with Gasteiger partial charge in [0.2, 0.25) is 15.9 Å². The number of anilines is 1. The van der Waals surface area contributed by atoms with E-state index in [2.05, 4.69) is 11.1 Å². The van der Waals surface area contributed by atoms with Crippen molar-refractivity contribution in [2.75, 3.05) is 37.5 Å². The number of rotatable bonds is 5. The molecule has 3 aliphatic heterocycles. The van der Waals surface area contributed by atoms with Crippen molar-refractivity contribution >= 4 is 32.4 Å². The summed E-state index contributed by atoms with van der Waals surface area (Å²) in [4.78, 5) is 29.9. The SMILES string of the molecule is CS(=O)(=O)N1CCC2(CC1)C(=O)N(Cc1ncc3ccccc3c1-c1ccc(C3(N)COC3)nc1)c1cnccc12. The molecule has 1 amide bonds.